The molecule has 0 radical (unpaired) electrons. The van der Waals surface area contributed by atoms with Gasteiger partial charge in [0.05, 0.1) is 16.6 Å². The lowest BCUT2D eigenvalue weighted by molar-refractivity contribution is 0.0941. The molecule has 4 N–H and O–H groups in total. The second kappa shape index (κ2) is 6.30. The van der Waals surface area contributed by atoms with Gasteiger partial charge in [0.15, 0.2) is 0 Å². The van der Waals surface area contributed by atoms with Crippen LogP contribution in [0.2, 0.25) is 0 Å². The molecule has 0 saturated heterocycles. The van der Waals surface area contributed by atoms with E-state index < -0.39 is 17.8 Å². The lowest BCUT2D eigenvalue weighted by Crippen LogP contribution is -2.43. The predicted octanol–water partition coefficient (Wildman–Crippen LogP) is 1.72. The molecule has 0 aliphatic rings. The van der Waals surface area contributed by atoms with Crippen molar-refractivity contribution in [1.82, 2.24) is 5.32 Å². The van der Waals surface area contributed by atoms with E-state index in [0.29, 0.717) is 6.42 Å². The van der Waals surface area contributed by atoms with Gasteiger partial charge in [0.25, 0.3) is 5.91 Å². The summed E-state index contributed by atoms with van der Waals surface area (Å²) in [6, 6.07) is 2.88. The molecule has 0 bridgehead atoms. The van der Waals surface area contributed by atoms with Crippen molar-refractivity contribution in [3.63, 3.8) is 0 Å². The minimum atomic E-state index is -0.786. The molecule has 0 aromatic heterocycles. The highest BCUT2D eigenvalue weighted by Gasteiger charge is 2.18. The first-order chi connectivity index (χ1) is 8.45. The number of phenols is 1. The zero-order valence-electron chi connectivity index (χ0n) is 9.94. The molecule has 0 aliphatic carbocycles. The van der Waals surface area contributed by atoms with Crippen LogP contribution in [0.25, 0.3) is 0 Å². The minimum Gasteiger partial charge on any atom is -0.508 e. The Hall–Kier alpha value is -1.69. The molecule has 6 heteroatoms. The van der Waals surface area contributed by atoms with Gasteiger partial charge in [-0.15, -0.1) is 0 Å². The number of aromatic hydroxyl groups is 1. The fourth-order valence-electron chi connectivity index (χ4n) is 1.50. The molecule has 1 rings (SSSR count). The Labute approximate surface area is 110 Å². The lowest BCUT2D eigenvalue weighted by Gasteiger charge is -2.16. The number of hydrogen-bond acceptors (Lipinski definition) is 3. The molecule has 1 atom stereocenters. The van der Waals surface area contributed by atoms with Crippen LogP contribution >= 0.6 is 12.2 Å². The normalized spacial score (nSPS) is 11.9. The smallest absolute Gasteiger partial charge is 0.254 e. The Morgan fingerprint density at radius 1 is 1.61 bits per heavy atom. The van der Waals surface area contributed by atoms with Crippen LogP contribution in [0, 0.1) is 5.82 Å². The minimum absolute atomic E-state index is 0.148. The molecule has 18 heavy (non-hydrogen) atoms. The number of halogens is 1. The maximum atomic E-state index is 13.5. The predicted molar refractivity (Wildman–Crippen MR) is 71.0 cm³/mol. The van der Waals surface area contributed by atoms with Gasteiger partial charge in [0, 0.05) is 6.07 Å². The van der Waals surface area contributed by atoms with Gasteiger partial charge >= 0.3 is 0 Å². The van der Waals surface area contributed by atoms with Crippen LogP contribution in [0.1, 0.15) is 30.1 Å². The Morgan fingerprint density at radius 3 is 2.78 bits per heavy atom. The fraction of sp³-hybridized carbons (Fsp3) is 0.333. The average Bonchev–Trinajstić information content (AvgIpc) is 2.27. The molecule has 0 spiro atoms. The number of carbonyl (C=O) groups is 1. The van der Waals surface area contributed by atoms with Crippen LogP contribution in [0.15, 0.2) is 18.2 Å². The molecule has 0 saturated carbocycles. The molecule has 98 valence electrons. The fourth-order valence-corrected chi connectivity index (χ4v) is 1.68. The van der Waals surface area contributed by atoms with Gasteiger partial charge in [0.2, 0.25) is 0 Å². The van der Waals surface area contributed by atoms with E-state index in [1.165, 1.54) is 12.1 Å². The maximum absolute atomic E-state index is 13.5. The highest BCUT2D eigenvalue weighted by Crippen LogP contribution is 2.15. The number of nitrogens with one attached hydrogen (secondary N) is 1. The van der Waals surface area contributed by atoms with Crippen molar-refractivity contribution < 1.29 is 14.3 Å². The number of thiocarbonyl (C=S) groups is 1. The standard InChI is InChI=1S/C12H15FN2O2S/c1-2-3-10(11(14)18)15-12(17)8-5-4-7(16)6-9(8)13/h4-6,10,16H,2-3H2,1H3,(H2,14,18)(H,15,17). The molecule has 0 aliphatic heterocycles. The summed E-state index contributed by atoms with van der Waals surface area (Å²) in [5.41, 5.74) is 5.35. The zero-order chi connectivity index (χ0) is 13.7. The third kappa shape index (κ3) is 3.66. The first-order valence-electron chi connectivity index (χ1n) is 5.54. The number of amides is 1. The molecule has 1 amide bonds. The third-order valence-corrected chi connectivity index (χ3v) is 2.71. The van der Waals surface area contributed by atoms with Crippen LogP contribution in [0.4, 0.5) is 4.39 Å². The van der Waals surface area contributed by atoms with Gasteiger partial charge in [-0.3, -0.25) is 4.79 Å². The third-order valence-electron chi connectivity index (χ3n) is 2.42. The summed E-state index contributed by atoms with van der Waals surface area (Å²) in [6.07, 6.45) is 1.39. The first kappa shape index (κ1) is 14.4. The van der Waals surface area contributed by atoms with Gasteiger partial charge in [-0.25, -0.2) is 4.39 Å². The summed E-state index contributed by atoms with van der Waals surface area (Å²) < 4.78 is 13.5. The van der Waals surface area contributed by atoms with Crippen molar-refractivity contribution in [2.24, 2.45) is 5.73 Å². The summed E-state index contributed by atoms with van der Waals surface area (Å²) in [5, 5.41) is 11.6. The van der Waals surface area contributed by atoms with Crippen molar-refractivity contribution >= 4 is 23.1 Å². The Bertz CT molecular complexity index is 465. The number of nitrogens with two attached hydrogens (primary N) is 1. The Balaban J connectivity index is 2.83. The second-order valence-corrected chi connectivity index (χ2v) is 4.35. The van der Waals surface area contributed by atoms with Crippen LogP contribution < -0.4 is 11.1 Å². The van der Waals surface area contributed by atoms with E-state index >= 15 is 0 Å². The molecule has 1 aromatic carbocycles. The van der Waals surface area contributed by atoms with E-state index in [9.17, 15) is 9.18 Å². The van der Waals surface area contributed by atoms with Crippen LogP contribution in [-0.4, -0.2) is 22.0 Å². The van der Waals surface area contributed by atoms with Gasteiger partial charge in [-0.1, -0.05) is 25.6 Å². The van der Waals surface area contributed by atoms with E-state index in [1.807, 2.05) is 6.92 Å². The Morgan fingerprint density at radius 2 is 2.28 bits per heavy atom. The molecule has 1 aromatic rings. The van der Waals surface area contributed by atoms with Crippen LogP contribution in [0.3, 0.4) is 0 Å². The molecule has 1 unspecified atom stereocenters. The molecular formula is C12H15FN2O2S. The molecule has 4 nitrogen and oxygen atoms in total. The topological polar surface area (TPSA) is 75.3 Å². The van der Waals surface area contributed by atoms with Gasteiger partial charge in [-0.2, -0.15) is 0 Å². The van der Waals surface area contributed by atoms with Crippen molar-refractivity contribution in [3.8, 4) is 5.75 Å². The summed E-state index contributed by atoms with van der Waals surface area (Å²) >= 11 is 4.83. The zero-order valence-corrected chi connectivity index (χ0v) is 10.8. The monoisotopic (exact) mass is 270 g/mol. The second-order valence-electron chi connectivity index (χ2n) is 3.88. The number of hydrogen-bond donors (Lipinski definition) is 3. The number of rotatable bonds is 5. The van der Waals surface area contributed by atoms with Gasteiger partial charge in [-0.05, 0) is 18.6 Å². The number of phenolic OH excluding ortho intramolecular Hbond substituents is 1. The van der Waals surface area contributed by atoms with E-state index in [2.05, 4.69) is 5.32 Å². The summed E-state index contributed by atoms with van der Waals surface area (Å²) in [6.45, 7) is 1.93. The quantitative estimate of drug-likeness (QED) is 0.712. The van der Waals surface area contributed by atoms with Gasteiger partial charge in [0.1, 0.15) is 11.6 Å². The maximum Gasteiger partial charge on any atom is 0.254 e. The lowest BCUT2D eigenvalue weighted by atomic mass is 10.1. The highest BCUT2D eigenvalue weighted by molar-refractivity contribution is 7.80. The van der Waals surface area contributed by atoms with Crippen LogP contribution in [-0.2, 0) is 0 Å². The molecule has 0 heterocycles. The highest BCUT2D eigenvalue weighted by atomic mass is 32.1. The van der Waals surface area contributed by atoms with E-state index in [1.54, 1.807) is 0 Å². The average molecular weight is 270 g/mol. The van der Waals surface area contributed by atoms with E-state index in [4.69, 9.17) is 23.1 Å². The SMILES string of the molecule is CCCC(NC(=O)c1ccc(O)cc1F)C(N)=S. The van der Waals surface area contributed by atoms with Crippen molar-refractivity contribution in [3.05, 3.63) is 29.6 Å². The first-order valence-corrected chi connectivity index (χ1v) is 5.95. The number of carbonyl (C=O) groups excluding carboxylic acids is 1. The molecular weight excluding hydrogens is 255 g/mol. The van der Waals surface area contributed by atoms with E-state index in [-0.39, 0.29) is 16.3 Å². The van der Waals surface area contributed by atoms with Crippen molar-refractivity contribution in [2.75, 3.05) is 0 Å². The van der Waals surface area contributed by atoms with Crippen LogP contribution in [0.5, 0.6) is 5.75 Å². The molecule has 0 fully saturated rings. The van der Waals surface area contributed by atoms with E-state index in [0.717, 1.165) is 12.5 Å². The summed E-state index contributed by atoms with van der Waals surface area (Å²) in [5.74, 6) is -1.62. The van der Waals surface area contributed by atoms with Crippen molar-refractivity contribution in [1.29, 1.82) is 0 Å². The number of benzene rings is 1. The summed E-state index contributed by atoms with van der Waals surface area (Å²) in [7, 11) is 0. The largest absolute Gasteiger partial charge is 0.508 e. The summed E-state index contributed by atoms with van der Waals surface area (Å²) in [4.78, 5) is 12.0. The van der Waals surface area contributed by atoms with Crippen molar-refractivity contribution in [2.45, 2.75) is 25.8 Å². The van der Waals surface area contributed by atoms with Gasteiger partial charge < -0.3 is 16.2 Å². The Kier molecular flexibility index (Phi) is 5.03.